The summed E-state index contributed by atoms with van der Waals surface area (Å²) in [6.45, 7) is 5.41. The number of H-pyrrole nitrogens is 1. The first kappa shape index (κ1) is 22.9. The van der Waals surface area contributed by atoms with Gasteiger partial charge >= 0.3 is 0 Å². The third-order valence-corrected chi connectivity index (χ3v) is 8.50. The average Bonchev–Trinajstić information content (AvgIpc) is 3.53. The van der Waals surface area contributed by atoms with Gasteiger partial charge in [0.2, 0.25) is 0 Å². The molecule has 8 heteroatoms. The van der Waals surface area contributed by atoms with Crippen molar-refractivity contribution in [2.75, 3.05) is 19.7 Å². The van der Waals surface area contributed by atoms with Crippen molar-refractivity contribution in [1.29, 1.82) is 0 Å². The molecule has 0 unspecified atom stereocenters. The van der Waals surface area contributed by atoms with E-state index in [1.807, 2.05) is 17.7 Å². The van der Waals surface area contributed by atoms with E-state index in [1.165, 1.54) is 38.5 Å². The number of ether oxygens (including phenoxy) is 1. The van der Waals surface area contributed by atoms with Crippen LogP contribution in [0.25, 0.3) is 10.9 Å². The summed E-state index contributed by atoms with van der Waals surface area (Å²) < 4.78 is 7.79. The molecular formula is C27H36N6O2. The van der Waals surface area contributed by atoms with Crippen LogP contribution in [-0.2, 0) is 11.3 Å². The van der Waals surface area contributed by atoms with Crippen molar-refractivity contribution in [2.45, 2.75) is 83.4 Å². The minimum atomic E-state index is -0.278. The summed E-state index contributed by atoms with van der Waals surface area (Å²) in [5, 5.41) is 14.0. The van der Waals surface area contributed by atoms with Gasteiger partial charge in [0.25, 0.3) is 5.56 Å². The topological polar surface area (TPSA) is 88.9 Å². The minimum Gasteiger partial charge on any atom is -0.376 e. The highest BCUT2D eigenvalue weighted by Crippen LogP contribution is 2.45. The van der Waals surface area contributed by atoms with Crippen molar-refractivity contribution in [1.82, 2.24) is 30.1 Å². The molecule has 2 atom stereocenters. The second kappa shape index (κ2) is 9.47. The number of benzene rings is 1. The molecule has 1 aliphatic carbocycles. The summed E-state index contributed by atoms with van der Waals surface area (Å²) in [7, 11) is 0. The molecule has 4 heterocycles. The van der Waals surface area contributed by atoms with E-state index in [0.29, 0.717) is 12.0 Å². The number of hydrogen-bond donors (Lipinski definition) is 1. The molecule has 0 amide bonds. The first-order chi connectivity index (χ1) is 17.1. The lowest BCUT2D eigenvalue weighted by atomic mass is 9.69. The number of aromatic amines is 1. The van der Waals surface area contributed by atoms with Crippen LogP contribution in [0.3, 0.4) is 0 Å². The Morgan fingerprint density at radius 1 is 1.14 bits per heavy atom. The fourth-order valence-corrected chi connectivity index (χ4v) is 6.73. The lowest BCUT2D eigenvalue weighted by Crippen LogP contribution is -2.47. The first-order valence-electron chi connectivity index (χ1n) is 13.4. The summed E-state index contributed by atoms with van der Waals surface area (Å²) in [6.07, 6.45) is 11.2. The third-order valence-electron chi connectivity index (χ3n) is 8.50. The maximum absolute atomic E-state index is 13.6. The molecule has 35 heavy (non-hydrogen) atoms. The van der Waals surface area contributed by atoms with Crippen LogP contribution in [0.5, 0.6) is 0 Å². The highest BCUT2D eigenvalue weighted by atomic mass is 16.5. The predicted octanol–water partition coefficient (Wildman–Crippen LogP) is 4.14. The van der Waals surface area contributed by atoms with E-state index in [2.05, 4.69) is 43.6 Å². The number of likely N-dealkylation sites (tertiary alicyclic amines) is 1. The van der Waals surface area contributed by atoms with Gasteiger partial charge in [-0.3, -0.25) is 9.69 Å². The Kier molecular flexibility index (Phi) is 6.18. The molecule has 3 fully saturated rings. The van der Waals surface area contributed by atoms with Crippen LogP contribution >= 0.6 is 0 Å². The number of rotatable bonds is 5. The molecule has 2 saturated heterocycles. The smallest absolute Gasteiger partial charge is 0.253 e. The van der Waals surface area contributed by atoms with Gasteiger partial charge in [-0.2, -0.15) is 0 Å². The van der Waals surface area contributed by atoms with Crippen LogP contribution < -0.4 is 5.56 Å². The van der Waals surface area contributed by atoms with Crippen LogP contribution in [0, 0.1) is 12.3 Å². The molecular weight excluding hydrogens is 440 g/mol. The van der Waals surface area contributed by atoms with Gasteiger partial charge in [-0.05, 0) is 90.9 Å². The van der Waals surface area contributed by atoms with Crippen LogP contribution in [0.2, 0.25) is 0 Å². The van der Waals surface area contributed by atoms with Crippen molar-refractivity contribution in [3.05, 3.63) is 51.6 Å². The number of nitrogens with one attached hydrogen (secondary N) is 1. The Labute approximate surface area is 206 Å². The summed E-state index contributed by atoms with van der Waals surface area (Å²) >= 11 is 0. The number of aromatic nitrogens is 5. The molecule has 0 radical (unpaired) electrons. The number of aryl methyl sites for hydroxylation is 1. The summed E-state index contributed by atoms with van der Waals surface area (Å²) in [6, 6.07) is 8.01. The Morgan fingerprint density at radius 3 is 2.83 bits per heavy atom. The second-order valence-corrected chi connectivity index (χ2v) is 11.0. The number of pyridine rings is 1. The van der Waals surface area contributed by atoms with Crippen molar-refractivity contribution in [3.63, 3.8) is 0 Å². The summed E-state index contributed by atoms with van der Waals surface area (Å²) in [4.78, 5) is 19.2. The summed E-state index contributed by atoms with van der Waals surface area (Å²) in [5.41, 5.74) is 3.04. The van der Waals surface area contributed by atoms with E-state index in [9.17, 15) is 4.79 Å². The molecule has 3 aliphatic rings. The largest absolute Gasteiger partial charge is 0.376 e. The Balaban J connectivity index is 1.43. The van der Waals surface area contributed by atoms with E-state index in [-0.39, 0.29) is 17.7 Å². The van der Waals surface area contributed by atoms with Gasteiger partial charge in [-0.25, -0.2) is 4.68 Å². The molecule has 0 bridgehead atoms. The molecule has 8 nitrogen and oxygen atoms in total. The molecule has 2 aromatic heterocycles. The molecule has 2 aliphatic heterocycles. The van der Waals surface area contributed by atoms with Crippen molar-refractivity contribution in [2.24, 2.45) is 5.41 Å². The molecule has 1 saturated carbocycles. The number of piperidine rings is 1. The molecule has 1 aromatic carbocycles. The quantitative estimate of drug-likeness (QED) is 0.595. The van der Waals surface area contributed by atoms with Crippen LogP contribution in [0.1, 0.15) is 80.8 Å². The lowest BCUT2D eigenvalue weighted by Gasteiger charge is -2.47. The standard InChI is InChI=1S/C27H36N6O2/c1-19-8-9-20-16-22(26(34)28-23(20)15-19)24(25-29-30-31-33(25)17-21-7-5-14-35-21)32-13-6-12-27(18-32)10-3-2-4-11-27/h8-9,15-16,21,24H,2-7,10-14,17-18H2,1H3,(H,28,34)/t21-,24-/m1/s1. The Morgan fingerprint density at radius 2 is 2.00 bits per heavy atom. The molecule has 3 aromatic rings. The fraction of sp³-hybridized carbons (Fsp3) is 0.630. The second-order valence-electron chi connectivity index (χ2n) is 11.0. The van der Waals surface area contributed by atoms with Crippen LogP contribution in [0.15, 0.2) is 29.1 Å². The van der Waals surface area contributed by atoms with E-state index in [4.69, 9.17) is 4.74 Å². The zero-order valence-electron chi connectivity index (χ0n) is 20.7. The maximum atomic E-state index is 13.6. The van der Waals surface area contributed by atoms with Gasteiger partial charge in [0.05, 0.1) is 12.6 Å². The van der Waals surface area contributed by atoms with Crippen LogP contribution in [-0.4, -0.2) is 55.9 Å². The summed E-state index contributed by atoms with van der Waals surface area (Å²) in [5.74, 6) is 0.755. The minimum absolute atomic E-state index is 0.0527. The van der Waals surface area contributed by atoms with Gasteiger partial charge < -0.3 is 9.72 Å². The molecule has 1 N–H and O–H groups in total. The number of fused-ring (bicyclic) bond motifs is 1. The van der Waals surface area contributed by atoms with Crippen LogP contribution in [0.4, 0.5) is 0 Å². The molecule has 6 rings (SSSR count). The zero-order chi connectivity index (χ0) is 23.8. The highest BCUT2D eigenvalue weighted by Gasteiger charge is 2.41. The number of tetrazole rings is 1. The van der Waals surface area contributed by atoms with Gasteiger partial charge in [0.15, 0.2) is 5.82 Å². The van der Waals surface area contributed by atoms with E-state index in [1.54, 1.807) is 0 Å². The number of hydrogen-bond acceptors (Lipinski definition) is 6. The maximum Gasteiger partial charge on any atom is 0.253 e. The van der Waals surface area contributed by atoms with Gasteiger partial charge in [0.1, 0.15) is 6.04 Å². The monoisotopic (exact) mass is 476 g/mol. The van der Waals surface area contributed by atoms with Crippen molar-refractivity contribution in [3.8, 4) is 0 Å². The van der Waals surface area contributed by atoms with Gasteiger partial charge in [-0.1, -0.05) is 31.4 Å². The first-order valence-corrected chi connectivity index (χ1v) is 13.4. The Bertz CT molecular complexity index is 1230. The predicted molar refractivity (Wildman–Crippen MR) is 134 cm³/mol. The van der Waals surface area contributed by atoms with Gasteiger partial charge in [-0.15, -0.1) is 5.10 Å². The molecule has 1 spiro atoms. The van der Waals surface area contributed by atoms with Crippen molar-refractivity contribution < 1.29 is 4.74 Å². The molecule has 186 valence electrons. The van der Waals surface area contributed by atoms with E-state index in [0.717, 1.165) is 66.8 Å². The fourth-order valence-electron chi connectivity index (χ4n) is 6.73. The SMILES string of the molecule is Cc1ccc2cc([C@H](c3nnnn3C[C@H]3CCCO3)N3CCCC4(CCCCC4)C3)c(=O)[nH]c2c1. The Hall–Kier alpha value is -2.58. The average molecular weight is 477 g/mol. The normalized spacial score (nSPS) is 23.7. The lowest BCUT2D eigenvalue weighted by molar-refractivity contribution is 0.0326. The zero-order valence-corrected chi connectivity index (χ0v) is 20.7. The number of nitrogens with zero attached hydrogens (tertiary/aromatic N) is 5. The van der Waals surface area contributed by atoms with E-state index >= 15 is 0 Å². The van der Waals surface area contributed by atoms with E-state index < -0.39 is 0 Å². The third kappa shape index (κ3) is 4.54. The van der Waals surface area contributed by atoms with Gasteiger partial charge in [0, 0.05) is 24.2 Å². The van der Waals surface area contributed by atoms with Crippen molar-refractivity contribution >= 4 is 10.9 Å². The highest BCUT2D eigenvalue weighted by molar-refractivity contribution is 5.79.